The number of fused-ring (bicyclic) bond motifs is 1. The summed E-state index contributed by atoms with van der Waals surface area (Å²) in [5.74, 6) is 0.209. The van der Waals surface area contributed by atoms with Crippen LogP contribution in [-0.2, 0) is 9.53 Å². The van der Waals surface area contributed by atoms with Crippen molar-refractivity contribution in [1.82, 2.24) is 0 Å². The molecule has 0 aromatic carbocycles. The van der Waals surface area contributed by atoms with Gasteiger partial charge < -0.3 is 9.84 Å². The normalized spacial score (nSPS) is 30.9. The molecule has 0 saturated carbocycles. The van der Waals surface area contributed by atoms with Crippen LogP contribution >= 0.6 is 0 Å². The third-order valence-corrected chi connectivity index (χ3v) is 2.96. The maximum absolute atomic E-state index is 10.9. The van der Waals surface area contributed by atoms with Gasteiger partial charge in [-0.25, -0.2) is 4.79 Å². The SMILES string of the molecule is C=C[C@H]1C[C@H]2CCCC(C(=O)O)=C2O1. The van der Waals surface area contributed by atoms with Crippen LogP contribution in [0.2, 0.25) is 0 Å². The summed E-state index contributed by atoms with van der Waals surface area (Å²) in [6, 6.07) is 0. The van der Waals surface area contributed by atoms with Crippen LogP contribution < -0.4 is 0 Å². The lowest BCUT2D eigenvalue weighted by atomic mass is 9.87. The number of carboxylic acid groups (broad SMARTS) is 1. The lowest BCUT2D eigenvalue weighted by Crippen LogP contribution is -2.13. The zero-order chi connectivity index (χ0) is 10.1. The number of hydrogen-bond donors (Lipinski definition) is 1. The first kappa shape index (κ1) is 9.31. The molecule has 1 saturated heterocycles. The molecule has 3 nitrogen and oxygen atoms in total. The third-order valence-electron chi connectivity index (χ3n) is 2.96. The van der Waals surface area contributed by atoms with Crippen molar-refractivity contribution >= 4 is 5.97 Å². The first-order valence-electron chi connectivity index (χ1n) is 4.98. The van der Waals surface area contributed by atoms with Crippen LogP contribution in [0.1, 0.15) is 25.7 Å². The van der Waals surface area contributed by atoms with E-state index in [9.17, 15) is 4.79 Å². The Morgan fingerprint density at radius 2 is 2.43 bits per heavy atom. The lowest BCUT2D eigenvalue weighted by molar-refractivity contribution is -0.133. The van der Waals surface area contributed by atoms with E-state index in [2.05, 4.69) is 6.58 Å². The first-order chi connectivity index (χ1) is 6.72. The second-order valence-electron chi connectivity index (χ2n) is 3.86. The van der Waals surface area contributed by atoms with Gasteiger partial charge in [-0.1, -0.05) is 12.7 Å². The van der Waals surface area contributed by atoms with Gasteiger partial charge in [0.15, 0.2) is 0 Å². The highest BCUT2D eigenvalue weighted by Gasteiger charge is 2.35. The predicted molar refractivity (Wildman–Crippen MR) is 51.7 cm³/mol. The van der Waals surface area contributed by atoms with Gasteiger partial charge in [-0.05, 0) is 25.7 Å². The Morgan fingerprint density at radius 3 is 3.07 bits per heavy atom. The molecule has 1 aliphatic carbocycles. The van der Waals surface area contributed by atoms with Crippen LogP contribution in [0.4, 0.5) is 0 Å². The van der Waals surface area contributed by atoms with Crippen LogP contribution in [0.15, 0.2) is 24.0 Å². The summed E-state index contributed by atoms with van der Waals surface area (Å²) in [5, 5.41) is 8.98. The molecule has 1 aliphatic heterocycles. The van der Waals surface area contributed by atoms with Crippen LogP contribution in [0.3, 0.4) is 0 Å². The van der Waals surface area contributed by atoms with Crippen molar-refractivity contribution < 1.29 is 14.6 Å². The van der Waals surface area contributed by atoms with Gasteiger partial charge in [-0.15, -0.1) is 0 Å². The van der Waals surface area contributed by atoms with Gasteiger partial charge in [0, 0.05) is 5.92 Å². The number of carboxylic acids is 1. The minimum Gasteiger partial charge on any atom is -0.490 e. The number of rotatable bonds is 2. The average molecular weight is 194 g/mol. The molecule has 3 heteroatoms. The molecule has 76 valence electrons. The summed E-state index contributed by atoms with van der Waals surface area (Å²) in [6.45, 7) is 3.68. The molecular weight excluding hydrogens is 180 g/mol. The summed E-state index contributed by atoms with van der Waals surface area (Å²) < 4.78 is 5.57. The molecule has 14 heavy (non-hydrogen) atoms. The highest BCUT2D eigenvalue weighted by atomic mass is 16.5. The van der Waals surface area contributed by atoms with Crippen LogP contribution in [0, 0.1) is 5.92 Å². The number of hydrogen-bond acceptors (Lipinski definition) is 2. The third kappa shape index (κ3) is 1.43. The highest BCUT2D eigenvalue weighted by molar-refractivity contribution is 5.87. The average Bonchev–Trinajstić information content (AvgIpc) is 2.59. The van der Waals surface area contributed by atoms with Gasteiger partial charge in [-0.3, -0.25) is 0 Å². The maximum Gasteiger partial charge on any atom is 0.334 e. The molecule has 2 atom stereocenters. The van der Waals surface area contributed by atoms with E-state index in [-0.39, 0.29) is 6.10 Å². The lowest BCUT2D eigenvalue weighted by Gasteiger charge is -2.18. The van der Waals surface area contributed by atoms with Crippen LogP contribution in [0.5, 0.6) is 0 Å². The minimum atomic E-state index is -0.825. The summed E-state index contributed by atoms with van der Waals surface area (Å²) in [7, 11) is 0. The molecule has 0 radical (unpaired) electrons. The molecule has 1 N–H and O–H groups in total. The van der Waals surface area contributed by atoms with E-state index in [0.717, 1.165) is 19.3 Å². The van der Waals surface area contributed by atoms with Crippen molar-refractivity contribution in [1.29, 1.82) is 0 Å². The fourth-order valence-corrected chi connectivity index (χ4v) is 2.27. The van der Waals surface area contributed by atoms with Gasteiger partial charge in [-0.2, -0.15) is 0 Å². The number of carbonyl (C=O) groups is 1. The van der Waals surface area contributed by atoms with Crippen molar-refractivity contribution in [3.05, 3.63) is 24.0 Å². The van der Waals surface area contributed by atoms with Gasteiger partial charge in [0.05, 0.1) is 5.57 Å². The van der Waals surface area contributed by atoms with E-state index in [1.807, 2.05) is 0 Å². The minimum absolute atomic E-state index is 0.0162. The van der Waals surface area contributed by atoms with Gasteiger partial charge in [0.1, 0.15) is 11.9 Å². The molecule has 0 bridgehead atoms. The van der Waals surface area contributed by atoms with Crippen molar-refractivity contribution in [3.63, 3.8) is 0 Å². The van der Waals surface area contributed by atoms with Crippen LogP contribution in [-0.4, -0.2) is 17.2 Å². The second kappa shape index (κ2) is 3.48. The fourth-order valence-electron chi connectivity index (χ4n) is 2.27. The predicted octanol–water partition coefficient (Wildman–Crippen LogP) is 2.10. The Kier molecular flexibility index (Phi) is 2.32. The van der Waals surface area contributed by atoms with Crippen molar-refractivity contribution in [2.45, 2.75) is 31.8 Å². The van der Waals surface area contributed by atoms with Gasteiger partial charge in [0.25, 0.3) is 0 Å². The van der Waals surface area contributed by atoms with Crippen molar-refractivity contribution in [2.75, 3.05) is 0 Å². The molecule has 1 fully saturated rings. The smallest absolute Gasteiger partial charge is 0.334 e. The maximum atomic E-state index is 10.9. The summed E-state index contributed by atoms with van der Waals surface area (Å²) >= 11 is 0. The number of ether oxygens (including phenoxy) is 1. The van der Waals surface area contributed by atoms with Gasteiger partial charge in [0.2, 0.25) is 0 Å². The summed E-state index contributed by atoms with van der Waals surface area (Å²) in [6.07, 6.45) is 5.33. The summed E-state index contributed by atoms with van der Waals surface area (Å²) in [4.78, 5) is 10.9. The Bertz CT molecular complexity index is 304. The molecule has 0 amide bonds. The zero-order valence-corrected chi connectivity index (χ0v) is 8.03. The Morgan fingerprint density at radius 1 is 1.64 bits per heavy atom. The van der Waals surface area contributed by atoms with E-state index in [0.29, 0.717) is 23.7 Å². The molecule has 0 aromatic rings. The van der Waals surface area contributed by atoms with Crippen molar-refractivity contribution in [2.24, 2.45) is 5.92 Å². The Hall–Kier alpha value is -1.25. The fraction of sp³-hybridized carbons (Fsp3) is 0.545. The Balaban J connectivity index is 2.29. The molecule has 0 aromatic heterocycles. The zero-order valence-electron chi connectivity index (χ0n) is 8.03. The van der Waals surface area contributed by atoms with E-state index in [1.54, 1.807) is 6.08 Å². The molecule has 2 rings (SSSR count). The molecule has 0 spiro atoms. The second-order valence-corrected chi connectivity index (χ2v) is 3.86. The van der Waals surface area contributed by atoms with E-state index in [1.165, 1.54) is 0 Å². The van der Waals surface area contributed by atoms with E-state index >= 15 is 0 Å². The summed E-state index contributed by atoms with van der Waals surface area (Å²) in [5.41, 5.74) is 0.477. The largest absolute Gasteiger partial charge is 0.490 e. The molecule has 2 aliphatic rings. The molecule has 1 heterocycles. The number of aliphatic carboxylic acids is 1. The standard InChI is InChI=1S/C11H14O3/c1-2-8-6-7-4-3-5-9(11(12)13)10(7)14-8/h2,7-8H,1,3-6H2,(H,12,13)/t7-,8+/m1/s1. The van der Waals surface area contributed by atoms with E-state index in [4.69, 9.17) is 9.84 Å². The highest BCUT2D eigenvalue weighted by Crippen LogP contribution is 2.40. The quantitative estimate of drug-likeness (QED) is 0.685. The van der Waals surface area contributed by atoms with Crippen molar-refractivity contribution in [3.8, 4) is 0 Å². The van der Waals surface area contributed by atoms with Crippen LogP contribution in [0.25, 0.3) is 0 Å². The molecule has 0 unspecified atom stereocenters. The molecular formula is C11H14O3. The monoisotopic (exact) mass is 194 g/mol. The van der Waals surface area contributed by atoms with Gasteiger partial charge >= 0.3 is 5.97 Å². The topological polar surface area (TPSA) is 46.5 Å². The Labute approximate surface area is 83.1 Å². The first-order valence-corrected chi connectivity index (χ1v) is 4.98. The number of allylic oxidation sites excluding steroid dienone is 1. The van der Waals surface area contributed by atoms with E-state index < -0.39 is 5.97 Å².